The highest BCUT2D eigenvalue weighted by molar-refractivity contribution is 6.21. The second-order valence-corrected chi connectivity index (χ2v) is 5.32. The van der Waals surface area contributed by atoms with Gasteiger partial charge in [0.05, 0.1) is 12.0 Å². The fourth-order valence-electron chi connectivity index (χ4n) is 2.62. The minimum atomic E-state index is -0.603. The van der Waals surface area contributed by atoms with Crippen LogP contribution >= 0.6 is 11.6 Å². The molecule has 3 rings (SSSR count). The van der Waals surface area contributed by atoms with Crippen molar-refractivity contribution in [2.75, 3.05) is 6.61 Å². The normalized spacial score (nSPS) is 19.1. The Morgan fingerprint density at radius 3 is 2.75 bits per heavy atom. The molecular formula is C16H13ClF2O. The molecule has 0 aliphatic carbocycles. The number of para-hydroxylation sites is 1. The van der Waals surface area contributed by atoms with E-state index in [2.05, 4.69) is 0 Å². The number of ether oxygens (including phenoxy) is 1. The van der Waals surface area contributed by atoms with Gasteiger partial charge in [-0.05, 0) is 24.1 Å². The first-order valence-electron chi connectivity index (χ1n) is 6.47. The standard InChI is InChI=1S/C16H13ClF2O/c17-16(13-6-5-10(18)9-14(13)19)12-7-8-20-15-4-2-1-3-11(12)15/h1-6,9,12,16H,7-8H2. The Hall–Kier alpha value is -1.61. The van der Waals surface area contributed by atoms with Gasteiger partial charge in [-0.15, -0.1) is 11.6 Å². The van der Waals surface area contributed by atoms with E-state index in [1.165, 1.54) is 12.1 Å². The number of rotatable bonds is 2. The third-order valence-corrected chi connectivity index (χ3v) is 4.16. The smallest absolute Gasteiger partial charge is 0.130 e. The minimum absolute atomic E-state index is 0.0402. The Labute approximate surface area is 121 Å². The van der Waals surface area contributed by atoms with Crippen LogP contribution in [0.1, 0.15) is 28.8 Å². The van der Waals surface area contributed by atoms with Gasteiger partial charge in [0.1, 0.15) is 17.4 Å². The number of hydrogen-bond acceptors (Lipinski definition) is 1. The summed E-state index contributed by atoms with van der Waals surface area (Å²) in [5.74, 6) is -0.449. The van der Waals surface area contributed by atoms with E-state index >= 15 is 0 Å². The molecule has 0 saturated heterocycles. The summed E-state index contributed by atoms with van der Waals surface area (Å²) >= 11 is 6.45. The molecule has 0 saturated carbocycles. The average molecular weight is 295 g/mol. The van der Waals surface area contributed by atoms with Gasteiger partial charge in [-0.3, -0.25) is 0 Å². The zero-order valence-electron chi connectivity index (χ0n) is 10.7. The highest BCUT2D eigenvalue weighted by atomic mass is 35.5. The predicted octanol–water partition coefficient (Wildman–Crippen LogP) is 4.81. The Balaban J connectivity index is 1.97. The van der Waals surface area contributed by atoms with Crippen molar-refractivity contribution in [3.8, 4) is 5.75 Å². The molecule has 2 aromatic carbocycles. The molecule has 4 heteroatoms. The monoisotopic (exact) mass is 294 g/mol. The number of hydrogen-bond donors (Lipinski definition) is 0. The summed E-state index contributed by atoms with van der Waals surface area (Å²) in [4.78, 5) is 0. The Bertz CT molecular complexity index is 630. The van der Waals surface area contributed by atoms with E-state index in [0.29, 0.717) is 18.6 Å². The Kier molecular flexibility index (Phi) is 3.62. The van der Waals surface area contributed by atoms with Crippen LogP contribution in [0, 0.1) is 11.6 Å². The van der Waals surface area contributed by atoms with Gasteiger partial charge in [-0.1, -0.05) is 24.3 Å². The lowest BCUT2D eigenvalue weighted by Gasteiger charge is -2.29. The molecule has 2 aromatic rings. The molecule has 0 bridgehead atoms. The average Bonchev–Trinajstić information content (AvgIpc) is 2.46. The van der Waals surface area contributed by atoms with E-state index in [9.17, 15) is 8.78 Å². The molecule has 1 aliphatic heterocycles. The fourth-order valence-corrected chi connectivity index (χ4v) is 3.05. The highest BCUT2D eigenvalue weighted by Gasteiger charge is 2.30. The van der Waals surface area contributed by atoms with Crippen LogP contribution < -0.4 is 4.74 Å². The summed E-state index contributed by atoms with van der Waals surface area (Å²) < 4.78 is 32.4. The van der Waals surface area contributed by atoms with Crippen LogP contribution in [0.3, 0.4) is 0 Å². The third kappa shape index (κ3) is 2.38. The van der Waals surface area contributed by atoms with Gasteiger partial charge >= 0.3 is 0 Å². The summed E-state index contributed by atoms with van der Waals surface area (Å²) in [5, 5.41) is -0.541. The van der Waals surface area contributed by atoms with Gasteiger partial charge in [-0.25, -0.2) is 8.78 Å². The fraction of sp³-hybridized carbons (Fsp3) is 0.250. The summed E-state index contributed by atoms with van der Waals surface area (Å²) in [6.07, 6.45) is 0.710. The molecule has 104 valence electrons. The highest BCUT2D eigenvalue weighted by Crippen LogP contribution is 2.45. The zero-order chi connectivity index (χ0) is 14.1. The molecule has 1 nitrogen and oxygen atoms in total. The van der Waals surface area contributed by atoms with Crippen LogP contribution in [0.25, 0.3) is 0 Å². The summed E-state index contributed by atoms with van der Waals surface area (Å²) in [6, 6.07) is 11.1. The van der Waals surface area contributed by atoms with Crippen molar-refractivity contribution >= 4 is 11.6 Å². The summed E-state index contributed by atoms with van der Waals surface area (Å²) in [6.45, 7) is 0.549. The predicted molar refractivity (Wildman–Crippen MR) is 74.2 cm³/mol. The molecule has 0 radical (unpaired) electrons. The molecule has 1 aliphatic rings. The largest absolute Gasteiger partial charge is 0.493 e. The van der Waals surface area contributed by atoms with Gasteiger partial charge in [0.2, 0.25) is 0 Å². The first-order valence-corrected chi connectivity index (χ1v) is 6.91. The number of fused-ring (bicyclic) bond motifs is 1. The first-order chi connectivity index (χ1) is 9.66. The molecule has 2 unspecified atom stereocenters. The zero-order valence-corrected chi connectivity index (χ0v) is 11.4. The van der Waals surface area contributed by atoms with Crippen LogP contribution in [0.4, 0.5) is 8.78 Å². The quantitative estimate of drug-likeness (QED) is 0.722. The number of benzene rings is 2. The van der Waals surface area contributed by atoms with Crippen LogP contribution in [-0.2, 0) is 0 Å². The van der Waals surface area contributed by atoms with Crippen molar-refractivity contribution < 1.29 is 13.5 Å². The van der Waals surface area contributed by atoms with Crippen molar-refractivity contribution in [3.63, 3.8) is 0 Å². The maximum Gasteiger partial charge on any atom is 0.130 e. The second kappa shape index (κ2) is 5.41. The van der Waals surface area contributed by atoms with Crippen LogP contribution in [0.2, 0.25) is 0 Å². The van der Waals surface area contributed by atoms with Crippen molar-refractivity contribution in [3.05, 3.63) is 65.2 Å². The Morgan fingerprint density at radius 1 is 1.15 bits per heavy atom. The number of alkyl halides is 1. The topological polar surface area (TPSA) is 9.23 Å². The van der Waals surface area contributed by atoms with E-state index in [1.807, 2.05) is 24.3 Å². The lowest BCUT2D eigenvalue weighted by molar-refractivity contribution is 0.264. The van der Waals surface area contributed by atoms with Crippen LogP contribution in [0.15, 0.2) is 42.5 Å². The first kappa shape index (κ1) is 13.4. The van der Waals surface area contributed by atoms with E-state index in [4.69, 9.17) is 16.3 Å². The Morgan fingerprint density at radius 2 is 1.95 bits per heavy atom. The van der Waals surface area contributed by atoms with Crippen molar-refractivity contribution in [2.24, 2.45) is 0 Å². The maximum atomic E-state index is 13.9. The maximum absolute atomic E-state index is 13.9. The molecule has 0 spiro atoms. The van der Waals surface area contributed by atoms with E-state index < -0.39 is 17.0 Å². The van der Waals surface area contributed by atoms with Gasteiger partial charge in [0.15, 0.2) is 0 Å². The molecule has 20 heavy (non-hydrogen) atoms. The van der Waals surface area contributed by atoms with Crippen LogP contribution in [-0.4, -0.2) is 6.61 Å². The molecule has 0 amide bonds. The summed E-state index contributed by atoms with van der Waals surface area (Å²) in [7, 11) is 0. The molecule has 0 N–H and O–H groups in total. The lowest BCUT2D eigenvalue weighted by Crippen LogP contribution is -2.18. The molecule has 2 atom stereocenters. The van der Waals surface area contributed by atoms with Crippen LogP contribution in [0.5, 0.6) is 5.75 Å². The molecule has 0 fully saturated rings. The molecular weight excluding hydrogens is 282 g/mol. The van der Waals surface area contributed by atoms with Crippen molar-refractivity contribution in [2.45, 2.75) is 17.7 Å². The van der Waals surface area contributed by atoms with Gasteiger partial charge in [-0.2, -0.15) is 0 Å². The molecule has 0 aromatic heterocycles. The third-order valence-electron chi connectivity index (χ3n) is 3.62. The SMILES string of the molecule is Fc1ccc(C(Cl)C2CCOc3ccccc32)c(F)c1. The van der Waals surface area contributed by atoms with E-state index in [-0.39, 0.29) is 5.92 Å². The van der Waals surface area contributed by atoms with Gasteiger partial charge < -0.3 is 4.74 Å². The van der Waals surface area contributed by atoms with E-state index in [1.54, 1.807) is 0 Å². The summed E-state index contributed by atoms with van der Waals surface area (Å²) in [5.41, 5.74) is 1.30. The van der Waals surface area contributed by atoms with Gasteiger partial charge in [0.25, 0.3) is 0 Å². The van der Waals surface area contributed by atoms with Crippen molar-refractivity contribution in [1.82, 2.24) is 0 Å². The van der Waals surface area contributed by atoms with Crippen molar-refractivity contribution in [1.29, 1.82) is 0 Å². The number of halogens is 3. The van der Waals surface area contributed by atoms with Gasteiger partial charge in [0, 0.05) is 17.5 Å². The van der Waals surface area contributed by atoms with E-state index in [0.717, 1.165) is 17.4 Å². The molecule has 1 heterocycles. The second-order valence-electron chi connectivity index (χ2n) is 4.85. The lowest BCUT2D eigenvalue weighted by atomic mass is 9.87. The minimum Gasteiger partial charge on any atom is -0.493 e.